The maximum Gasteiger partial charge on any atom is 0.242 e. The molecule has 0 aliphatic carbocycles. The molecule has 6 aromatic rings. The van der Waals surface area contributed by atoms with Crippen molar-refractivity contribution in [3.63, 3.8) is 0 Å². The van der Waals surface area contributed by atoms with Crippen LogP contribution in [-0.4, -0.2) is 68.0 Å². The molecule has 0 saturated carbocycles. The predicted molar refractivity (Wildman–Crippen MR) is 191 cm³/mol. The Morgan fingerprint density at radius 3 is 2.18 bits per heavy atom. The third-order valence-electron chi connectivity index (χ3n) is 7.72. The number of anilines is 1. The lowest BCUT2D eigenvalue weighted by atomic mass is 9.98. The fourth-order valence-electron chi connectivity index (χ4n) is 5.44. The van der Waals surface area contributed by atoms with Crippen LogP contribution in [0.15, 0.2) is 88.7 Å². The number of nitrogens with one attached hydrogen (secondary N) is 1. The number of rotatable bonds is 13. The molecule has 2 heterocycles. The van der Waals surface area contributed by atoms with E-state index in [4.69, 9.17) is 20.9 Å². The minimum absolute atomic E-state index is 0.0713. The molecule has 14 nitrogen and oxygen atoms in total. The van der Waals surface area contributed by atoms with Crippen molar-refractivity contribution in [2.45, 2.75) is 35.8 Å². The zero-order chi connectivity index (χ0) is 35.6. The number of nitrogens with zero attached hydrogens (tertiary/aromatic N) is 5. The van der Waals surface area contributed by atoms with Crippen LogP contribution < -0.4 is 25.7 Å². The molecular weight excluding hydrogens is 701 g/mol. The van der Waals surface area contributed by atoms with Crippen LogP contribution in [0.3, 0.4) is 0 Å². The number of hydrogen-bond acceptors (Lipinski definition) is 13. The zero-order valence-corrected chi connectivity index (χ0v) is 29.7. The lowest BCUT2D eigenvalue weighted by Crippen LogP contribution is -2.30. The molecule has 260 valence electrons. The van der Waals surface area contributed by atoms with E-state index in [-0.39, 0.29) is 24.5 Å². The number of tetrazole rings is 1. The molecule has 0 fully saturated rings. The highest BCUT2D eigenvalue weighted by molar-refractivity contribution is 7.93. The number of fused-ring (bicyclic) bond motifs is 1. The van der Waals surface area contributed by atoms with Crippen molar-refractivity contribution >= 4 is 46.5 Å². The summed E-state index contributed by atoms with van der Waals surface area (Å²) in [5, 5.41) is 13.4. The van der Waals surface area contributed by atoms with Gasteiger partial charge in [-0.05, 0) is 65.2 Å². The molecule has 1 atom stereocenters. The molecule has 0 aliphatic rings. The lowest BCUT2D eigenvalue weighted by molar-refractivity contribution is 0.414. The van der Waals surface area contributed by atoms with Crippen LogP contribution in [0, 0.1) is 0 Å². The summed E-state index contributed by atoms with van der Waals surface area (Å²) >= 11 is 1.26. The average molecular weight is 735 g/mol. The number of para-hydroxylation sites is 1. The van der Waals surface area contributed by atoms with Gasteiger partial charge in [0.2, 0.25) is 15.8 Å². The SMILES string of the molecule is COc1ccc(CNS(=O)(=O)c2c(S(=O)(=O)C[C@@H](C)N)ccc(-c3cccc4sc(N)nc34)c2-c2nnn(Cc3ccc(OC)cc3)n2)cc1. The van der Waals surface area contributed by atoms with Gasteiger partial charge in [-0.2, -0.15) is 4.80 Å². The molecular formula is C33H34N8O6S3. The highest BCUT2D eigenvalue weighted by Gasteiger charge is 2.35. The van der Waals surface area contributed by atoms with Crippen molar-refractivity contribution in [2.24, 2.45) is 5.73 Å². The third-order valence-corrected chi connectivity index (χ3v) is 12.2. The first-order valence-corrected chi connectivity index (χ1v) is 19.2. The van der Waals surface area contributed by atoms with E-state index in [0.29, 0.717) is 38.8 Å². The first kappa shape index (κ1) is 34.9. The Kier molecular flexibility index (Phi) is 9.86. The molecule has 0 unspecified atom stereocenters. The van der Waals surface area contributed by atoms with E-state index in [1.165, 1.54) is 42.3 Å². The average Bonchev–Trinajstić information content (AvgIpc) is 3.72. The van der Waals surface area contributed by atoms with Crippen LogP contribution >= 0.6 is 11.3 Å². The zero-order valence-electron chi connectivity index (χ0n) is 27.3. The summed E-state index contributed by atoms with van der Waals surface area (Å²) in [7, 11) is -5.79. The first-order valence-electron chi connectivity index (χ1n) is 15.2. The van der Waals surface area contributed by atoms with Gasteiger partial charge in [0, 0.05) is 18.2 Å². The molecule has 4 aromatic carbocycles. The minimum Gasteiger partial charge on any atom is -0.497 e. The van der Waals surface area contributed by atoms with Crippen molar-refractivity contribution in [1.82, 2.24) is 29.9 Å². The second-order valence-corrected chi connectivity index (χ2v) is 16.2. The van der Waals surface area contributed by atoms with Gasteiger partial charge >= 0.3 is 0 Å². The summed E-state index contributed by atoms with van der Waals surface area (Å²) in [6.07, 6.45) is 0. The Hall–Kier alpha value is -4.94. The largest absolute Gasteiger partial charge is 0.497 e. The Labute approximate surface area is 293 Å². The van der Waals surface area contributed by atoms with Crippen molar-refractivity contribution in [3.8, 4) is 34.0 Å². The van der Waals surface area contributed by atoms with Gasteiger partial charge in [0.05, 0.1) is 47.2 Å². The van der Waals surface area contributed by atoms with Gasteiger partial charge in [0.15, 0.2) is 15.0 Å². The molecule has 2 aromatic heterocycles. The monoisotopic (exact) mass is 734 g/mol. The maximum absolute atomic E-state index is 14.5. The van der Waals surface area contributed by atoms with E-state index in [9.17, 15) is 16.8 Å². The van der Waals surface area contributed by atoms with Crippen molar-refractivity contribution in [1.29, 1.82) is 0 Å². The first-order chi connectivity index (χ1) is 23.9. The fraction of sp³-hybridized carbons (Fsp3) is 0.212. The fourth-order valence-corrected chi connectivity index (χ4v) is 9.75. The lowest BCUT2D eigenvalue weighted by Gasteiger charge is -2.19. The number of nitrogens with two attached hydrogens (primary N) is 2. The number of methoxy groups -OCH3 is 2. The van der Waals surface area contributed by atoms with Gasteiger partial charge in [-0.1, -0.05) is 53.8 Å². The van der Waals surface area contributed by atoms with E-state index in [0.717, 1.165) is 10.3 Å². The van der Waals surface area contributed by atoms with E-state index < -0.39 is 41.4 Å². The van der Waals surface area contributed by atoms with Gasteiger partial charge in [0.1, 0.15) is 16.4 Å². The number of thiazole rings is 1. The van der Waals surface area contributed by atoms with E-state index in [1.54, 1.807) is 55.6 Å². The molecule has 0 saturated heterocycles. The molecule has 0 radical (unpaired) electrons. The van der Waals surface area contributed by atoms with Crippen LogP contribution in [0.4, 0.5) is 5.13 Å². The summed E-state index contributed by atoms with van der Waals surface area (Å²) in [5.74, 6) is 0.639. The second-order valence-electron chi connectivity index (χ2n) is 11.4. The van der Waals surface area contributed by atoms with Gasteiger partial charge in [0.25, 0.3) is 0 Å². The number of sulfone groups is 1. The van der Waals surface area contributed by atoms with Crippen LogP contribution in [0.1, 0.15) is 18.1 Å². The van der Waals surface area contributed by atoms with Gasteiger partial charge < -0.3 is 20.9 Å². The Bertz CT molecular complexity index is 2380. The standard InChI is InChI=1S/C33H34N8O6S3/c1-20(34)19-49(42,43)28-16-15-25(26-5-4-6-27-30(26)37-33(35)48-27)29(31(28)50(44,45)36-17-21-7-11-23(46-2)12-8-21)32-38-40-41(39-32)18-22-9-13-24(47-3)14-10-22/h4-16,20,36H,17-19,34H2,1-3H3,(H2,35,37)/t20-/m1/s1. The van der Waals surface area contributed by atoms with Crippen LogP contribution in [0.2, 0.25) is 0 Å². The smallest absolute Gasteiger partial charge is 0.242 e. The Morgan fingerprint density at radius 1 is 0.880 bits per heavy atom. The van der Waals surface area contributed by atoms with Crippen LogP contribution in [0.25, 0.3) is 32.7 Å². The number of nitrogen functional groups attached to an aromatic ring is 1. The van der Waals surface area contributed by atoms with Crippen LogP contribution in [0.5, 0.6) is 11.5 Å². The van der Waals surface area contributed by atoms with E-state index in [2.05, 4.69) is 25.1 Å². The van der Waals surface area contributed by atoms with Crippen molar-refractivity contribution in [3.05, 3.63) is 90.0 Å². The quantitative estimate of drug-likeness (QED) is 0.155. The Morgan fingerprint density at radius 2 is 1.54 bits per heavy atom. The van der Waals surface area contributed by atoms with Gasteiger partial charge in [-0.3, -0.25) is 0 Å². The van der Waals surface area contributed by atoms with Crippen molar-refractivity contribution < 1.29 is 26.3 Å². The summed E-state index contributed by atoms with van der Waals surface area (Å²) in [6.45, 7) is 1.56. The Balaban J connectivity index is 1.58. The molecule has 0 bridgehead atoms. The number of benzene rings is 4. The van der Waals surface area contributed by atoms with E-state index in [1.807, 2.05) is 18.2 Å². The number of aromatic nitrogens is 5. The molecule has 0 aliphatic heterocycles. The van der Waals surface area contributed by atoms with Crippen LogP contribution in [-0.2, 0) is 33.0 Å². The topological polar surface area (TPSA) is 207 Å². The maximum atomic E-state index is 14.5. The van der Waals surface area contributed by atoms with Gasteiger partial charge in [-0.15, -0.1) is 10.2 Å². The summed E-state index contributed by atoms with van der Waals surface area (Å²) < 4.78 is 70.7. The molecule has 6 rings (SSSR count). The molecule has 0 amide bonds. The van der Waals surface area contributed by atoms with Crippen molar-refractivity contribution in [2.75, 3.05) is 25.7 Å². The summed E-state index contributed by atoms with van der Waals surface area (Å²) in [5.41, 5.74) is 14.7. The van der Waals surface area contributed by atoms with E-state index >= 15 is 0 Å². The summed E-state index contributed by atoms with van der Waals surface area (Å²) in [6, 6.07) is 21.4. The third kappa shape index (κ3) is 7.31. The number of sulfonamides is 1. The highest BCUT2D eigenvalue weighted by atomic mass is 32.2. The molecule has 5 N–H and O–H groups in total. The van der Waals surface area contributed by atoms with Gasteiger partial charge in [-0.25, -0.2) is 26.5 Å². The second kappa shape index (κ2) is 14.1. The molecule has 0 spiro atoms. The number of ether oxygens (including phenoxy) is 2. The highest BCUT2D eigenvalue weighted by Crippen LogP contribution is 2.42. The molecule has 17 heteroatoms. The minimum atomic E-state index is -4.61. The normalized spacial score (nSPS) is 12.6. The summed E-state index contributed by atoms with van der Waals surface area (Å²) in [4.78, 5) is 4.82. The predicted octanol–water partition coefficient (Wildman–Crippen LogP) is 3.86. The molecule has 50 heavy (non-hydrogen) atoms. The number of hydrogen-bond donors (Lipinski definition) is 3.